The average molecular weight is 1000 g/mol. The molecule has 0 spiro atoms. The second-order valence-electron chi connectivity index (χ2n) is 15.9. The second kappa shape index (κ2) is 15.5. The number of nitrogens with zero attached hydrogens (tertiary/aromatic N) is 1. The molecule has 0 aliphatic heterocycles. The van der Waals surface area contributed by atoms with Gasteiger partial charge in [-0.05, 0) is 119 Å². The van der Waals surface area contributed by atoms with Crippen molar-refractivity contribution in [3.8, 4) is 39.1 Å². The van der Waals surface area contributed by atoms with Crippen LogP contribution in [0.3, 0.4) is 0 Å². The normalized spacial score (nSPS) is 13.4. The molecule has 0 atom stereocenters. The number of hydrogen-bond donors (Lipinski definition) is 0. The van der Waals surface area contributed by atoms with Gasteiger partial charge in [-0.25, -0.2) is 4.57 Å². The Morgan fingerprint density at radius 1 is 0.343 bits per heavy atom. The van der Waals surface area contributed by atoms with Crippen molar-refractivity contribution in [2.75, 3.05) is 0 Å². The van der Waals surface area contributed by atoms with Crippen LogP contribution in [0.15, 0.2) is 129 Å². The second-order valence-corrected chi connectivity index (χ2v) is 15.9. The number of benzene rings is 7. The summed E-state index contributed by atoms with van der Waals surface area (Å²) < 4.78 is 264. The molecule has 70 heavy (non-hydrogen) atoms. The highest BCUT2D eigenvalue weighted by Gasteiger charge is 2.41. The lowest BCUT2D eigenvalue weighted by Gasteiger charge is -2.21. The molecule has 0 unspecified atom stereocenters. The number of pyridine rings is 1. The Bertz CT molecular complexity index is 3590. The van der Waals surface area contributed by atoms with Crippen molar-refractivity contribution in [2.24, 2.45) is 0 Å². The van der Waals surface area contributed by atoms with Gasteiger partial charge in [0, 0.05) is 37.9 Å². The fraction of sp³-hybridized carbons (Fsp3) is 0.125. The molecule has 0 radical (unpaired) electrons. The predicted octanol–water partition coefficient (Wildman–Crippen LogP) is 16.0. The number of halogens is 18. The highest BCUT2D eigenvalue weighted by Crippen LogP contribution is 2.50. The molecule has 7 aromatic carbocycles. The largest absolute Gasteiger partial charge is 0.455 e. The van der Waals surface area contributed by atoms with Crippen molar-refractivity contribution in [2.45, 2.75) is 37.1 Å². The number of hydrogen-bond acceptors (Lipinski definition) is 3. The summed E-state index contributed by atoms with van der Waals surface area (Å²) in [4.78, 5) is 29.2. The maximum Gasteiger partial charge on any atom is 0.416 e. The third-order valence-corrected chi connectivity index (χ3v) is 11.4. The van der Waals surface area contributed by atoms with E-state index in [0.29, 0.717) is 4.57 Å². The molecule has 2 heterocycles. The zero-order valence-corrected chi connectivity index (χ0v) is 33.9. The molecule has 0 saturated heterocycles. The van der Waals surface area contributed by atoms with Gasteiger partial charge < -0.3 is 4.42 Å². The van der Waals surface area contributed by atoms with Crippen molar-refractivity contribution in [3.05, 3.63) is 169 Å². The molecule has 4 nitrogen and oxygen atoms in total. The van der Waals surface area contributed by atoms with Gasteiger partial charge in [-0.2, -0.15) is 79.0 Å². The Morgan fingerprint density at radius 2 is 0.729 bits per heavy atom. The van der Waals surface area contributed by atoms with Gasteiger partial charge in [0.2, 0.25) is 0 Å². The van der Waals surface area contributed by atoms with Crippen molar-refractivity contribution in [1.29, 1.82) is 0 Å². The van der Waals surface area contributed by atoms with Crippen molar-refractivity contribution < 1.29 is 83.4 Å². The highest BCUT2D eigenvalue weighted by molar-refractivity contribution is 6.32. The first-order valence-corrected chi connectivity index (χ1v) is 19.6. The summed E-state index contributed by atoms with van der Waals surface area (Å²) in [5.41, 5.74) is -20.5. The number of rotatable bonds is 4. The minimum Gasteiger partial charge on any atom is -0.455 e. The molecule has 2 aromatic heterocycles. The fourth-order valence-electron chi connectivity index (χ4n) is 8.36. The SMILES string of the molecule is O=c1c2cc(-c3cc(C(F)(F)F)cc(C(F)(F)F)c3)c3oc4ccc(-c5cc(C(F)(F)F)cc(C(F)(F)F)c5)cc4c4c(-c5cc(C(F)(F)F)cc(C(F)(F)F)c5)cc(c(=O)n1-c1ccccc1)c2c34. The fourth-order valence-corrected chi connectivity index (χ4v) is 8.36. The first kappa shape index (κ1) is 47.5. The lowest BCUT2D eigenvalue weighted by Crippen LogP contribution is -2.32. The smallest absolute Gasteiger partial charge is 0.416 e. The van der Waals surface area contributed by atoms with Crippen LogP contribution in [-0.2, 0) is 37.1 Å². The van der Waals surface area contributed by atoms with Crippen LogP contribution in [0, 0.1) is 0 Å². The van der Waals surface area contributed by atoms with E-state index in [4.69, 9.17) is 4.42 Å². The summed E-state index contributed by atoms with van der Waals surface area (Å²) in [6, 6.07) is 11.2. The van der Waals surface area contributed by atoms with Crippen LogP contribution in [0.1, 0.15) is 33.4 Å². The maximum absolute atomic E-state index is 14.6. The van der Waals surface area contributed by atoms with Gasteiger partial charge in [-0.15, -0.1) is 0 Å². The molecule has 0 fully saturated rings. The van der Waals surface area contributed by atoms with Crippen molar-refractivity contribution in [1.82, 2.24) is 4.57 Å². The van der Waals surface area contributed by atoms with Gasteiger partial charge in [0.05, 0.1) is 39.1 Å². The van der Waals surface area contributed by atoms with Crippen molar-refractivity contribution >= 4 is 43.5 Å². The minimum atomic E-state index is -5.54. The number of aromatic nitrogens is 1. The molecule has 0 N–H and O–H groups in total. The molecular weight excluding hydrogens is 980 g/mol. The van der Waals surface area contributed by atoms with Crippen LogP contribution in [0.25, 0.3) is 82.6 Å². The molecule has 22 heteroatoms. The topological polar surface area (TPSA) is 52.2 Å². The van der Waals surface area contributed by atoms with Gasteiger partial charge in [-0.1, -0.05) is 24.3 Å². The molecule has 360 valence electrons. The van der Waals surface area contributed by atoms with E-state index in [0.717, 1.165) is 30.3 Å². The summed E-state index contributed by atoms with van der Waals surface area (Å²) in [5, 5.41) is -3.86. The van der Waals surface area contributed by atoms with E-state index in [1.165, 1.54) is 30.3 Å². The summed E-state index contributed by atoms with van der Waals surface area (Å²) in [6.45, 7) is 0. The van der Waals surface area contributed by atoms with E-state index < -0.39 is 158 Å². The number of alkyl halides is 18. The summed E-state index contributed by atoms with van der Waals surface area (Å²) in [7, 11) is 0. The van der Waals surface area contributed by atoms with E-state index >= 15 is 0 Å². The van der Waals surface area contributed by atoms with Crippen LogP contribution in [0.4, 0.5) is 79.0 Å². The average Bonchev–Trinajstić information content (AvgIpc) is 3.26. The molecular formula is C48H19F18NO3. The Morgan fingerprint density at radius 3 is 1.14 bits per heavy atom. The van der Waals surface area contributed by atoms with Crippen LogP contribution < -0.4 is 11.1 Å². The van der Waals surface area contributed by atoms with E-state index in [1.807, 2.05) is 0 Å². The minimum absolute atomic E-state index is 0.196. The van der Waals surface area contributed by atoms with Gasteiger partial charge in [0.25, 0.3) is 11.1 Å². The molecule has 0 amide bonds. The first-order valence-electron chi connectivity index (χ1n) is 19.6. The summed E-state index contributed by atoms with van der Waals surface area (Å²) >= 11 is 0. The standard InChI is InChI=1S/C48H19F18NO3/c49-43(50,51)24-8-21(9-25(15-24)44(52,53)54)20-6-7-36-33(14-20)37-31(22-10-26(45(55,56)57)16-27(11-22)46(58,59)60)18-34-38-35(42(69)67(41(34)68)30-4-2-1-3-5-30)19-32(40(70-36)39(37)38)23-12-28(47(61,62)63)17-29(13-23)48(64,65)66/h1-19H. The highest BCUT2D eigenvalue weighted by atomic mass is 19.4. The van der Waals surface area contributed by atoms with E-state index in [1.54, 1.807) is 0 Å². The molecule has 9 aromatic rings. The van der Waals surface area contributed by atoms with Gasteiger partial charge in [0.1, 0.15) is 11.2 Å². The maximum atomic E-state index is 14.6. The Labute approximate surface area is 376 Å². The van der Waals surface area contributed by atoms with E-state index in [-0.39, 0.29) is 60.3 Å². The Kier molecular flexibility index (Phi) is 10.5. The number of para-hydroxylation sites is 1. The first-order chi connectivity index (χ1) is 32.3. The quantitative estimate of drug-likeness (QED) is 0.100. The van der Waals surface area contributed by atoms with Crippen LogP contribution in [0.5, 0.6) is 0 Å². The lowest BCUT2D eigenvalue weighted by atomic mass is 9.85. The zero-order valence-electron chi connectivity index (χ0n) is 33.9. The predicted molar refractivity (Wildman–Crippen MR) is 218 cm³/mol. The molecule has 0 saturated carbocycles. The van der Waals surface area contributed by atoms with Gasteiger partial charge in [0.15, 0.2) is 0 Å². The van der Waals surface area contributed by atoms with Crippen LogP contribution in [0.2, 0.25) is 0 Å². The summed E-state index contributed by atoms with van der Waals surface area (Å²) in [6.07, 6.45) is -32.9. The zero-order chi connectivity index (χ0) is 51.0. The van der Waals surface area contributed by atoms with Crippen LogP contribution >= 0.6 is 0 Å². The Hall–Kier alpha value is -7.52. The summed E-state index contributed by atoms with van der Waals surface area (Å²) in [5.74, 6) is 0. The molecule has 9 rings (SSSR count). The lowest BCUT2D eigenvalue weighted by molar-refractivity contribution is -0.144. The van der Waals surface area contributed by atoms with E-state index in [2.05, 4.69) is 0 Å². The van der Waals surface area contributed by atoms with E-state index in [9.17, 15) is 88.6 Å². The van der Waals surface area contributed by atoms with Crippen molar-refractivity contribution in [3.63, 3.8) is 0 Å². The number of fused-ring (bicyclic) bond motifs is 2. The molecule has 0 bridgehead atoms. The molecule has 0 aliphatic rings. The third kappa shape index (κ3) is 8.21. The monoisotopic (exact) mass is 999 g/mol. The van der Waals surface area contributed by atoms with Crippen LogP contribution in [-0.4, -0.2) is 4.57 Å². The van der Waals surface area contributed by atoms with Gasteiger partial charge >= 0.3 is 37.1 Å². The van der Waals surface area contributed by atoms with Gasteiger partial charge in [-0.3, -0.25) is 9.59 Å². The molecule has 0 aliphatic carbocycles. The Balaban J connectivity index is 1.56. The third-order valence-electron chi connectivity index (χ3n) is 11.4.